The lowest BCUT2D eigenvalue weighted by molar-refractivity contribution is -0.132. The third-order valence-electron chi connectivity index (χ3n) is 4.66. The highest BCUT2D eigenvalue weighted by Gasteiger charge is 2.25. The van der Waals surface area contributed by atoms with Crippen molar-refractivity contribution in [3.8, 4) is 5.69 Å². The molecule has 3 rings (SSSR count). The van der Waals surface area contributed by atoms with E-state index in [1.807, 2.05) is 62.4 Å². The van der Waals surface area contributed by atoms with Crippen molar-refractivity contribution in [2.45, 2.75) is 32.7 Å². The molecule has 0 bridgehead atoms. The second kappa shape index (κ2) is 7.52. The van der Waals surface area contributed by atoms with Gasteiger partial charge < -0.3 is 4.90 Å². The van der Waals surface area contributed by atoms with Gasteiger partial charge in [0.25, 0.3) is 5.56 Å². The molecule has 0 saturated carbocycles. The summed E-state index contributed by atoms with van der Waals surface area (Å²) < 4.78 is 1.63. The van der Waals surface area contributed by atoms with Gasteiger partial charge in [-0.25, -0.2) is 4.98 Å². The van der Waals surface area contributed by atoms with Crippen molar-refractivity contribution in [3.05, 3.63) is 70.8 Å². The van der Waals surface area contributed by atoms with Crippen LogP contribution in [0.3, 0.4) is 0 Å². The summed E-state index contributed by atoms with van der Waals surface area (Å²) in [4.78, 5) is 32.0. The van der Waals surface area contributed by atoms with Crippen LogP contribution in [0, 0.1) is 0 Å². The Bertz CT molecular complexity index is 979. The first-order valence-electron chi connectivity index (χ1n) is 8.91. The van der Waals surface area contributed by atoms with Crippen molar-refractivity contribution >= 4 is 16.8 Å². The van der Waals surface area contributed by atoms with Crippen molar-refractivity contribution < 1.29 is 4.79 Å². The van der Waals surface area contributed by atoms with Crippen LogP contribution >= 0.6 is 0 Å². The molecule has 0 aliphatic carbocycles. The second-order valence-corrected chi connectivity index (χ2v) is 6.25. The van der Waals surface area contributed by atoms with E-state index in [9.17, 15) is 9.59 Å². The normalized spacial score (nSPS) is 12.1. The third-order valence-corrected chi connectivity index (χ3v) is 4.66. The minimum absolute atomic E-state index is 0.0267. The molecule has 134 valence electrons. The number of nitrogens with zero attached hydrogens (tertiary/aromatic N) is 3. The fraction of sp³-hybridized carbons (Fsp3) is 0.286. The number of aromatic nitrogens is 2. The molecule has 0 aliphatic rings. The molecule has 5 nitrogen and oxygen atoms in total. The number of benzene rings is 2. The molecule has 0 radical (unpaired) electrons. The van der Waals surface area contributed by atoms with E-state index >= 15 is 0 Å². The fourth-order valence-corrected chi connectivity index (χ4v) is 3.25. The summed E-state index contributed by atoms with van der Waals surface area (Å²) in [5.41, 5.74) is 1.28. The Balaban J connectivity index is 2.32. The zero-order valence-electron chi connectivity index (χ0n) is 15.3. The highest BCUT2D eigenvalue weighted by Crippen LogP contribution is 2.25. The number of fused-ring (bicyclic) bond motifs is 1. The highest BCUT2D eigenvalue weighted by atomic mass is 16.2. The van der Waals surface area contributed by atoms with E-state index in [0.717, 1.165) is 5.69 Å². The average Bonchev–Trinajstić information content (AvgIpc) is 2.68. The number of para-hydroxylation sites is 2. The van der Waals surface area contributed by atoms with Crippen LogP contribution < -0.4 is 5.56 Å². The van der Waals surface area contributed by atoms with Gasteiger partial charge in [0, 0.05) is 13.5 Å². The van der Waals surface area contributed by atoms with E-state index in [2.05, 4.69) is 0 Å². The summed E-state index contributed by atoms with van der Waals surface area (Å²) in [5.74, 6) is 0.616. The smallest absolute Gasteiger partial charge is 0.266 e. The number of amides is 1. The van der Waals surface area contributed by atoms with E-state index in [1.165, 1.54) is 0 Å². The van der Waals surface area contributed by atoms with Crippen molar-refractivity contribution in [2.24, 2.45) is 0 Å². The lowest BCUT2D eigenvalue weighted by Crippen LogP contribution is -2.35. The molecule has 0 fully saturated rings. The molecule has 3 aromatic rings. The first-order valence-corrected chi connectivity index (χ1v) is 8.91. The molecule has 5 heteroatoms. The molecule has 1 heterocycles. The predicted octanol–water partition coefficient (Wildman–Crippen LogP) is 3.71. The van der Waals surface area contributed by atoms with E-state index in [0.29, 0.717) is 29.6 Å². The molecule has 2 aromatic carbocycles. The summed E-state index contributed by atoms with van der Waals surface area (Å²) >= 11 is 0. The molecule has 0 N–H and O–H groups in total. The van der Waals surface area contributed by atoms with Crippen LogP contribution in [0.1, 0.15) is 38.6 Å². The first-order chi connectivity index (χ1) is 12.6. The van der Waals surface area contributed by atoms with Gasteiger partial charge in [-0.2, -0.15) is 0 Å². The van der Waals surface area contributed by atoms with Gasteiger partial charge in [0.05, 0.1) is 22.6 Å². The molecule has 0 spiro atoms. The van der Waals surface area contributed by atoms with Crippen LogP contribution in [0.15, 0.2) is 59.4 Å². The van der Waals surface area contributed by atoms with Gasteiger partial charge in [0.2, 0.25) is 5.91 Å². The zero-order chi connectivity index (χ0) is 18.7. The minimum atomic E-state index is -0.278. The lowest BCUT2D eigenvalue weighted by atomic mass is 10.1. The standard InChI is InChI=1S/C21H23N3O2/c1-4-18(23(3)19(25)5-2)20-22-17-14-10-9-13-16(17)21(26)24(20)15-11-7-6-8-12-15/h6-14,18H,4-5H2,1-3H3. The molecule has 0 saturated heterocycles. The largest absolute Gasteiger partial charge is 0.336 e. The maximum Gasteiger partial charge on any atom is 0.266 e. The van der Waals surface area contributed by atoms with Crippen LogP contribution in [0.25, 0.3) is 16.6 Å². The van der Waals surface area contributed by atoms with Crippen molar-refractivity contribution in [3.63, 3.8) is 0 Å². The van der Waals surface area contributed by atoms with Gasteiger partial charge in [0.15, 0.2) is 0 Å². The lowest BCUT2D eigenvalue weighted by Gasteiger charge is -2.29. The fourth-order valence-electron chi connectivity index (χ4n) is 3.25. The van der Waals surface area contributed by atoms with Crippen LogP contribution in [0.2, 0.25) is 0 Å². The van der Waals surface area contributed by atoms with Crippen LogP contribution in [-0.2, 0) is 4.79 Å². The Morgan fingerprint density at radius 1 is 1.08 bits per heavy atom. The summed E-state index contributed by atoms with van der Waals surface area (Å²) in [6.45, 7) is 3.84. The Kier molecular flexibility index (Phi) is 5.16. The third kappa shape index (κ3) is 3.12. The summed E-state index contributed by atoms with van der Waals surface area (Å²) in [5, 5.41) is 0.569. The van der Waals surface area contributed by atoms with E-state index in [1.54, 1.807) is 22.6 Å². The molecule has 0 aliphatic heterocycles. The van der Waals surface area contributed by atoms with Gasteiger partial charge >= 0.3 is 0 Å². The van der Waals surface area contributed by atoms with E-state index in [-0.39, 0.29) is 17.5 Å². The summed E-state index contributed by atoms with van der Waals surface area (Å²) in [6.07, 6.45) is 1.08. The van der Waals surface area contributed by atoms with Crippen molar-refractivity contribution in [1.82, 2.24) is 14.5 Å². The van der Waals surface area contributed by atoms with Gasteiger partial charge in [-0.05, 0) is 30.7 Å². The predicted molar refractivity (Wildman–Crippen MR) is 103 cm³/mol. The molecule has 26 heavy (non-hydrogen) atoms. The first kappa shape index (κ1) is 17.9. The Morgan fingerprint density at radius 2 is 1.73 bits per heavy atom. The zero-order valence-corrected chi connectivity index (χ0v) is 15.3. The maximum absolute atomic E-state index is 13.3. The maximum atomic E-state index is 13.3. The number of carbonyl (C=O) groups excluding carboxylic acids is 1. The monoisotopic (exact) mass is 349 g/mol. The Labute approximate surface area is 152 Å². The van der Waals surface area contributed by atoms with Gasteiger partial charge in [0.1, 0.15) is 5.82 Å². The Hall–Kier alpha value is -2.95. The van der Waals surface area contributed by atoms with E-state index < -0.39 is 0 Å². The van der Waals surface area contributed by atoms with Crippen molar-refractivity contribution in [2.75, 3.05) is 7.05 Å². The number of hydrogen-bond acceptors (Lipinski definition) is 3. The van der Waals surface area contributed by atoms with Crippen molar-refractivity contribution in [1.29, 1.82) is 0 Å². The molecule has 1 atom stereocenters. The van der Waals surface area contributed by atoms with Crippen LogP contribution in [0.5, 0.6) is 0 Å². The number of hydrogen-bond donors (Lipinski definition) is 0. The molecule has 1 unspecified atom stereocenters. The summed E-state index contributed by atoms with van der Waals surface area (Å²) in [6, 6.07) is 16.5. The van der Waals surface area contributed by atoms with E-state index in [4.69, 9.17) is 4.98 Å². The minimum Gasteiger partial charge on any atom is -0.336 e. The molecular formula is C21H23N3O2. The number of rotatable bonds is 5. The Morgan fingerprint density at radius 3 is 2.38 bits per heavy atom. The average molecular weight is 349 g/mol. The highest BCUT2D eigenvalue weighted by molar-refractivity contribution is 5.78. The van der Waals surface area contributed by atoms with Crippen LogP contribution in [0.4, 0.5) is 0 Å². The summed E-state index contributed by atoms with van der Waals surface area (Å²) in [7, 11) is 1.77. The molecular weight excluding hydrogens is 326 g/mol. The number of carbonyl (C=O) groups is 1. The second-order valence-electron chi connectivity index (χ2n) is 6.25. The molecule has 1 amide bonds. The van der Waals surface area contributed by atoms with Gasteiger partial charge in [-0.3, -0.25) is 14.2 Å². The SMILES string of the molecule is CCC(=O)N(C)C(CC)c1nc2ccccc2c(=O)n1-c1ccccc1. The quantitative estimate of drug-likeness (QED) is 0.706. The topological polar surface area (TPSA) is 55.2 Å². The van der Waals surface area contributed by atoms with Crippen LogP contribution in [-0.4, -0.2) is 27.4 Å². The molecule has 1 aromatic heterocycles. The van der Waals surface area contributed by atoms with Gasteiger partial charge in [-0.1, -0.05) is 44.2 Å². The van der Waals surface area contributed by atoms with Gasteiger partial charge in [-0.15, -0.1) is 0 Å².